The highest BCUT2D eigenvalue weighted by molar-refractivity contribution is 8.15. The van der Waals surface area contributed by atoms with Crippen LogP contribution < -0.4 is 14.8 Å². The van der Waals surface area contributed by atoms with E-state index in [0.717, 1.165) is 78.3 Å². The molecule has 208 valence electrons. The van der Waals surface area contributed by atoms with Crippen molar-refractivity contribution in [2.45, 2.75) is 57.6 Å². The van der Waals surface area contributed by atoms with Crippen molar-refractivity contribution in [2.24, 2.45) is 0 Å². The summed E-state index contributed by atoms with van der Waals surface area (Å²) in [5.41, 5.74) is 6.42. The number of thioether (sulfide) groups is 1. The van der Waals surface area contributed by atoms with Gasteiger partial charge in [-0.25, -0.2) is 0 Å². The molecule has 0 bridgehead atoms. The molecule has 2 amide bonds. The number of hydrogen-bond donors (Lipinski definition) is 1. The zero-order chi connectivity index (χ0) is 27.9. The molecule has 1 atom stereocenters. The second-order valence-corrected chi connectivity index (χ2v) is 11.2. The van der Waals surface area contributed by atoms with E-state index in [4.69, 9.17) is 13.9 Å². The average Bonchev–Trinajstić information content (AvgIpc) is 3.53. The first-order valence-corrected chi connectivity index (χ1v) is 14.8. The Morgan fingerprint density at radius 3 is 2.48 bits per heavy atom. The Morgan fingerprint density at radius 1 is 0.925 bits per heavy atom. The summed E-state index contributed by atoms with van der Waals surface area (Å²) < 4.78 is 18.3. The SMILES string of the molecule is CCCc1c(OCCCCOc2ccc(C)c(C3SC(=O)NC3=O)c2)ccc2c(CCc3ccccc3)coc12. The van der Waals surface area contributed by atoms with Crippen molar-refractivity contribution in [3.05, 3.63) is 94.7 Å². The van der Waals surface area contributed by atoms with E-state index < -0.39 is 5.25 Å². The summed E-state index contributed by atoms with van der Waals surface area (Å²) in [7, 11) is 0. The number of fused-ring (bicyclic) bond motifs is 1. The van der Waals surface area contributed by atoms with Crippen molar-refractivity contribution >= 4 is 33.9 Å². The normalized spacial score (nSPS) is 15.0. The smallest absolute Gasteiger partial charge is 0.286 e. The number of aryl methyl sites for hydroxylation is 4. The second kappa shape index (κ2) is 13.1. The van der Waals surface area contributed by atoms with Crippen molar-refractivity contribution in [1.82, 2.24) is 5.32 Å². The van der Waals surface area contributed by atoms with Crippen LogP contribution in [-0.4, -0.2) is 24.4 Å². The van der Waals surface area contributed by atoms with E-state index in [1.165, 1.54) is 16.5 Å². The summed E-state index contributed by atoms with van der Waals surface area (Å²) in [4.78, 5) is 23.7. The predicted molar refractivity (Wildman–Crippen MR) is 159 cm³/mol. The van der Waals surface area contributed by atoms with Crippen molar-refractivity contribution in [3.8, 4) is 11.5 Å². The number of carbonyl (C=O) groups excluding carboxylic acids is 2. The average molecular weight is 558 g/mol. The minimum absolute atomic E-state index is 0.272. The summed E-state index contributed by atoms with van der Waals surface area (Å²) in [6, 6.07) is 20.4. The van der Waals surface area contributed by atoms with E-state index in [-0.39, 0.29) is 11.1 Å². The minimum atomic E-state index is -0.520. The summed E-state index contributed by atoms with van der Waals surface area (Å²) in [5.74, 6) is 1.32. The van der Waals surface area contributed by atoms with Gasteiger partial charge in [0, 0.05) is 10.9 Å². The molecular formula is C33H35NO5S. The predicted octanol–water partition coefficient (Wildman–Crippen LogP) is 7.74. The molecule has 1 unspecified atom stereocenters. The van der Waals surface area contributed by atoms with Crippen LogP contribution in [0.5, 0.6) is 11.5 Å². The molecule has 1 fully saturated rings. The minimum Gasteiger partial charge on any atom is -0.494 e. The van der Waals surface area contributed by atoms with E-state index in [2.05, 4.69) is 48.6 Å². The molecule has 1 N–H and O–H groups in total. The van der Waals surface area contributed by atoms with Crippen LogP contribution in [0.1, 0.15) is 59.3 Å². The highest BCUT2D eigenvalue weighted by Crippen LogP contribution is 2.37. The number of nitrogens with one attached hydrogen (secondary N) is 1. The van der Waals surface area contributed by atoms with Crippen molar-refractivity contribution in [3.63, 3.8) is 0 Å². The topological polar surface area (TPSA) is 77.8 Å². The second-order valence-electron chi connectivity index (χ2n) is 10.1. The van der Waals surface area contributed by atoms with Gasteiger partial charge in [0.25, 0.3) is 5.24 Å². The Morgan fingerprint density at radius 2 is 1.73 bits per heavy atom. The molecule has 1 aromatic heterocycles. The molecule has 40 heavy (non-hydrogen) atoms. The third-order valence-corrected chi connectivity index (χ3v) is 8.21. The maximum absolute atomic E-state index is 12.1. The number of furan rings is 1. The number of imide groups is 1. The van der Waals surface area contributed by atoms with Crippen LogP contribution in [0.2, 0.25) is 0 Å². The summed E-state index contributed by atoms with van der Waals surface area (Å²) in [6.07, 6.45) is 7.42. The van der Waals surface area contributed by atoms with Crippen LogP contribution in [0.3, 0.4) is 0 Å². The quantitative estimate of drug-likeness (QED) is 0.169. The third-order valence-electron chi connectivity index (χ3n) is 7.19. The zero-order valence-corrected chi connectivity index (χ0v) is 23.9. The van der Waals surface area contributed by atoms with Crippen LogP contribution in [0.25, 0.3) is 11.0 Å². The van der Waals surface area contributed by atoms with E-state index in [0.29, 0.717) is 19.0 Å². The molecular weight excluding hydrogens is 522 g/mol. The van der Waals surface area contributed by atoms with Gasteiger partial charge in [0.1, 0.15) is 22.3 Å². The third kappa shape index (κ3) is 6.53. The number of unbranched alkanes of at least 4 members (excludes halogenated alkanes) is 1. The molecule has 1 aliphatic rings. The first-order valence-electron chi connectivity index (χ1n) is 14.0. The maximum Gasteiger partial charge on any atom is 0.286 e. The maximum atomic E-state index is 12.1. The fourth-order valence-corrected chi connectivity index (χ4v) is 5.98. The summed E-state index contributed by atoms with van der Waals surface area (Å²) in [6.45, 7) is 5.24. The lowest BCUT2D eigenvalue weighted by molar-refractivity contribution is -0.119. The van der Waals surface area contributed by atoms with Crippen LogP contribution in [0.15, 0.2) is 71.3 Å². The van der Waals surface area contributed by atoms with Gasteiger partial charge < -0.3 is 13.9 Å². The summed E-state index contributed by atoms with van der Waals surface area (Å²) >= 11 is 1.01. The van der Waals surface area contributed by atoms with E-state index in [1.807, 2.05) is 37.5 Å². The van der Waals surface area contributed by atoms with E-state index in [1.54, 1.807) is 0 Å². The lowest BCUT2D eigenvalue weighted by atomic mass is 10.0. The van der Waals surface area contributed by atoms with Gasteiger partial charge in [-0.15, -0.1) is 0 Å². The van der Waals surface area contributed by atoms with E-state index >= 15 is 0 Å². The number of benzene rings is 3. The molecule has 0 saturated carbocycles. The largest absolute Gasteiger partial charge is 0.494 e. The fourth-order valence-electron chi connectivity index (χ4n) is 5.06. The van der Waals surface area contributed by atoms with Gasteiger partial charge in [0.2, 0.25) is 5.91 Å². The highest BCUT2D eigenvalue weighted by atomic mass is 32.2. The molecule has 5 rings (SSSR count). The highest BCUT2D eigenvalue weighted by Gasteiger charge is 2.34. The number of amides is 2. The standard InChI is InChI=1S/C33H35NO5S/c1-3-9-27-29(17-16-26-24(21-39-30(26)27)14-13-23-10-5-4-6-11-23)38-19-8-7-18-37-25-15-12-22(2)28(20-25)31-32(35)34-33(36)40-31/h4-6,10-12,15-17,20-21,31H,3,7-9,13-14,18-19H2,1-2H3,(H,34,35,36). The Bertz CT molecular complexity index is 1480. The lowest BCUT2D eigenvalue weighted by Gasteiger charge is -2.14. The molecule has 1 aliphatic heterocycles. The van der Waals surface area contributed by atoms with Gasteiger partial charge >= 0.3 is 0 Å². The number of hydrogen-bond acceptors (Lipinski definition) is 6. The van der Waals surface area contributed by atoms with Gasteiger partial charge in [-0.05, 0) is 97.3 Å². The molecule has 6 nitrogen and oxygen atoms in total. The Kier molecular flexibility index (Phi) is 9.12. The van der Waals surface area contributed by atoms with Crippen LogP contribution >= 0.6 is 11.8 Å². The van der Waals surface area contributed by atoms with Gasteiger partial charge in [0.05, 0.1) is 19.5 Å². The molecule has 1 saturated heterocycles. The van der Waals surface area contributed by atoms with Crippen molar-refractivity contribution in [1.29, 1.82) is 0 Å². The summed E-state index contributed by atoms with van der Waals surface area (Å²) in [5, 5.41) is 2.70. The monoisotopic (exact) mass is 557 g/mol. The van der Waals surface area contributed by atoms with Gasteiger partial charge in [-0.3, -0.25) is 14.9 Å². The molecule has 7 heteroatoms. The molecule has 2 heterocycles. The molecule has 4 aromatic rings. The number of rotatable bonds is 13. The van der Waals surface area contributed by atoms with Crippen molar-refractivity contribution < 1.29 is 23.5 Å². The number of carbonyl (C=O) groups is 2. The van der Waals surface area contributed by atoms with Crippen LogP contribution in [0.4, 0.5) is 4.79 Å². The molecule has 3 aromatic carbocycles. The van der Waals surface area contributed by atoms with Crippen molar-refractivity contribution in [2.75, 3.05) is 13.2 Å². The molecule has 0 spiro atoms. The van der Waals surface area contributed by atoms with Crippen LogP contribution in [0, 0.1) is 6.92 Å². The van der Waals surface area contributed by atoms with Gasteiger partial charge in [-0.1, -0.05) is 49.7 Å². The Labute approximate surface area is 239 Å². The first-order chi connectivity index (χ1) is 19.5. The number of ether oxygens (including phenoxy) is 2. The van der Waals surface area contributed by atoms with E-state index in [9.17, 15) is 9.59 Å². The van der Waals surface area contributed by atoms with Gasteiger partial charge in [0.15, 0.2) is 0 Å². The first kappa shape index (κ1) is 27.8. The van der Waals surface area contributed by atoms with Gasteiger partial charge in [-0.2, -0.15) is 0 Å². The Hall–Kier alpha value is -3.71. The molecule has 0 radical (unpaired) electrons. The molecule has 0 aliphatic carbocycles. The lowest BCUT2D eigenvalue weighted by Crippen LogP contribution is -2.20. The van der Waals surface area contributed by atoms with Crippen LogP contribution in [-0.2, 0) is 24.1 Å². The fraction of sp³-hybridized carbons (Fsp3) is 0.333. The Balaban J connectivity index is 1.14. The zero-order valence-electron chi connectivity index (χ0n) is 23.0.